The van der Waals surface area contributed by atoms with E-state index in [0.29, 0.717) is 26.3 Å². The molecule has 0 aromatic heterocycles. The van der Waals surface area contributed by atoms with E-state index in [9.17, 15) is 9.59 Å². The number of carbonyl (C=O) groups is 2. The molecule has 1 atom stereocenters. The number of morpholine rings is 1. The Labute approximate surface area is 184 Å². The molecule has 2 saturated heterocycles. The van der Waals surface area contributed by atoms with Crippen molar-refractivity contribution < 1.29 is 14.3 Å². The molecule has 164 valence electrons. The van der Waals surface area contributed by atoms with Gasteiger partial charge in [0.05, 0.1) is 13.2 Å². The molecule has 1 N–H and O–H groups in total. The van der Waals surface area contributed by atoms with Crippen molar-refractivity contribution in [2.75, 3.05) is 44.7 Å². The topological polar surface area (TPSA) is 61.9 Å². The predicted molar refractivity (Wildman–Crippen MR) is 121 cm³/mol. The van der Waals surface area contributed by atoms with Gasteiger partial charge in [0.25, 0.3) is 0 Å². The number of anilines is 1. The average molecular weight is 422 g/mol. The molecule has 31 heavy (non-hydrogen) atoms. The molecule has 2 aliphatic heterocycles. The molecule has 0 spiro atoms. The lowest BCUT2D eigenvalue weighted by molar-refractivity contribution is -0.141. The van der Waals surface area contributed by atoms with Crippen LogP contribution < -0.4 is 5.32 Å². The van der Waals surface area contributed by atoms with Crippen LogP contribution in [0.25, 0.3) is 0 Å². The molecule has 6 nitrogen and oxygen atoms in total. The molecule has 0 saturated carbocycles. The zero-order chi connectivity index (χ0) is 21.6. The van der Waals surface area contributed by atoms with Crippen LogP contribution in [0.5, 0.6) is 0 Å². The van der Waals surface area contributed by atoms with Gasteiger partial charge in [0, 0.05) is 24.7 Å². The summed E-state index contributed by atoms with van der Waals surface area (Å²) in [6.07, 6.45) is 1.55. The van der Waals surface area contributed by atoms with Crippen LogP contribution in [0.1, 0.15) is 30.0 Å². The Bertz CT molecular complexity index is 871. The van der Waals surface area contributed by atoms with Gasteiger partial charge < -0.3 is 15.0 Å². The minimum absolute atomic E-state index is 0.0333. The van der Waals surface area contributed by atoms with E-state index in [1.165, 1.54) is 0 Å². The summed E-state index contributed by atoms with van der Waals surface area (Å²) in [7, 11) is 0. The van der Waals surface area contributed by atoms with Gasteiger partial charge in [0.2, 0.25) is 11.8 Å². The first kappa shape index (κ1) is 21.5. The van der Waals surface area contributed by atoms with E-state index in [0.717, 1.165) is 42.7 Å². The van der Waals surface area contributed by atoms with Gasteiger partial charge in [-0.05, 0) is 50.6 Å². The minimum atomic E-state index is -0.373. The van der Waals surface area contributed by atoms with E-state index in [1.54, 1.807) is 0 Å². The summed E-state index contributed by atoms with van der Waals surface area (Å²) in [5.74, 6) is 0.238. The first-order chi connectivity index (χ1) is 15.1. The number of nitrogens with zero attached hydrogens (tertiary/aromatic N) is 2. The maximum Gasteiger partial charge on any atom is 0.246 e. The summed E-state index contributed by atoms with van der Waals surface area (Å²) in [6.45, 7) is 6.10. The highest BCUT2D eigenvalue weighted by Gasteiger charge is 2.34. The summed E-state index contributed by atoms with van der Waals surface area (Å²) in [5, 5.41) is 3.08. The van der Waals surface area contributed by atoms with E-state index in [2.05, 4.69) is 10.2 Å². The highest BCUT2D eigenvalue weighted by Crippen LogP contribution is 2.29. The molecule has 4 rings (SSSR count). The van der Waals surface area contributed by atoms with Gasteiger partial charge in [-0.15, -0.1) is 0 Å². The average Bonchev–Trinajstić information content (AvgIpc) is 2.82. The van der Waals surface area contributed by atoms with Gasteiger partial charge >= 0.3 is 0 Å². The van der Waals surface area contributed by atoms with Crippen molar-refractivity contribution in [3.63, 3.8) is 0 Å². The Hall–Kier alpha value is -2.70. The largest absolute Gasteiger partial charge is 0.378 e. The highest BCUT2D eigenvalue weighted by molar-refractivity contribution is 5.95. The monoisotopic (exact) mass is 421 g/mol. The Morgan fingerprint density at radius 3 is 2.23 bits per heavy atom. The van der Waals surface area contributed by atoms with Crippen molar-refractivity contribution in [1.82, 2.24) is 9.80 Å². The van der Waals surface area contributed by atoms with Crippen LogP contribution in [0.4, 0.5) is 5.69 Å². The second-order valence-electron chi connectivity index (χ2n) is 8.42. The number of likely N-dealkylation sites (tertiary alicyclic amines) is 1. The van der Waals surface area contributed by atoms with E-state index >= 15 is 0 Å². The smallest absolute Gasteiger partial charge is 0.246 e. The third-order valence-corrected chi connectivity index (χ3v) is 6.25. The number of benzene rings is 2. The van der Waals surface area contributed by atoms with Crippen molar-refractivity contribution in [3.05, 3.63) is 65.7 Å². The van der Waals surface area contributed by atoms with Crippen LogP contribution >= 0.6 is 0 Å². The van der Waals surface area contributed by atoms with Gasteiger partial charge in [-0.1, -0.05) is 48.0 Å². The lowest BCUT2D eigenvalue weighted by atomic mass is 9.92. The van der Waals surface area contributed by atoms with Crippen molar-refractivity contribution in [3.8, 4) is 0 Å². The molecule has 1 unspecified atom stereocenters. The van der Waals surface area contributed by atoms with Gasteiger partial charge in [0.1, 0.15) is 6.04 Å². The van der Waals surface area contributed by atoms with Gasteiger partial charge in [-0.3, -0.25) is 14.5 Å². The highest BCUT2D eigenvalue weighted by atomic mass is 16.5. The Morgan fingerprint density at radius 1 is 0.935 bits per heavy atom. The quantitative estimate of drug-likeness (QED) is 0.805. The number of nitrogens with one attached hydrogen (secondary N) is 1. The van der Waals surface area contributed by atoms with Crippen molar-refractivity contribution in [1.29, 1.82) is 0 Å². The summed E-state index contributed by atoms with van der Waals surface area (Å²) < 4.78 is 5.37. The molecular formula is C25H31N3O3. The summed E-state index contributed by atoms with van der Waals surface area (Å²) in [4.78, 5) is 30.3. The fourth-order valence-corrected chi connectivity index (χ4v) is 4.46. The van der Waals surface area contributed by atoms with Crippen LogP contribution in [0.15, 0.2) is 54.6 Å². The van der Waals surface area contributed by atoms with Gasteiger partial charge in [-0.2, -0.15) is 0 Å². The number of amides is 2. The molecule has 2 fully saturated rings. The normalized spacial score (nSPS) is 19.1. The van der Waals surface area contributed by atoms with Crippen LogP contribution in [0.3, 0.4) is 0 Å². The molecule has 2 aliphatic rings. The number of piperidine rings is 1. The molecule has 2 aromatic carbocycles. The molecule has 2 aromatic rings. The van der Waals surface area contributed by atoms with Crippen molar-refractivity contribution in [2.24, 2.45) is 5.92 Å². The lowest BCUT2D eigenvalue weighted by Crippen LogP contribution is -2.48. The first-order valence-electron chi connectivity index (χ1n) is 11.1. The third-order valence-electron chi connectivity index (χ3n) is 6.25. The van der Waals surface area contributed by atoms with E-state index in [1.807, 2.05) is 66.4 Å². The summed E-state index contributed by atoms with van der Waals surface area (Å²) in [6, 6.07) is 17.4. The minimum Gasteiger partial charge on any atom is -0.378 e. The fourth-order valence-electron chi connectivity index (χ4n) is 4.46. The van der Waals surface area contributed by atoms with Crippen molar-refractivity contribution >= 4 is 17.5 Å². The number of hydrogen-bond donors (Lipinski definition) is 1. The number of rotatable bonds is 5. The lowest BCUT2D eigenvalue weighted by Gasteiger charge is -2.38. The van der Waals surface area contributed by atoms with Crippen LogP contribution in [-0.4, -0.2) is 61.0 Å². The summed E-state index contributed by atoms with van der Waals surface area (Å²) in [5.41, 5.74) is 2.93. The van der Waals surface area contributed by atoms with E-state index in [4.69, 9.17) is 4.74 Å². The van der Waals surface area contributed by atoms with Crippen LogP contribution in [0, 0.1) is 12.8 Å². The summed E-state index contributed by atoms with van der Waals surface area (Å²) >= 11 is 0. The SMILES string of the molecule is Cc1ccc(NC(=O)C(c2ccccc2)N2CCC(C(=O)N3CCOCC3)CC2)cc1. The Balaban J connectivity index is 1.44. The molecular weight excluding hydrogens is 390 g/mol. The van der Waals surface area contributed by atoms with Crippen molar-refractivity contribution in [2.45, 2.75) is 25.8 Å². The molecule has 0 radical (unpaired) electrons. The third kappa shape index (κ3) is 5.32. The molecule has 6 heteroatoms. The predicted octanol–water partition coefficient (Wildman–Crippen LogP) is 3.25. The number of aryl methyl sites for hydroxylation is 1. The Kier molecular flexibility index (Phi) is 6.99. The first-order valence-corrected chi connectivity index (χ1v) is 11.1. The van der Waals surface area contributed by atoms with Crippen LogP contribution in [0.2, 0.25) is 0 Å². The van der Waals surface area contributed by atoms with Crippen LogP contribution in [-0.2, 0) is 14.3 Å². The number of carbonyl (C=O) groups excluding carboxylic acids is 2. The number of ether oxygens (including phenoxy) is 1. The zero-order valence-electron chi connectivity index (χ0n) is 18.1. The second-order valence-corrected chi connectivity index (χ2v) is 8.42. The second kappa shape index (κ2) is 10.1. The van der Waals surface area contributed by atoms with Gasteiger partial charge in [-0.25, -0.2) is 0 Å². The molecule has 0 bridgehead atoms. The fraction of sp³-hybridized carbons (Fsp3) is 0.440. The molecule has 2 amide bonds. The molecule has 2 heterocycles. The maximum absolute atomic E-state index is 13.3. The van der Waals surface area contributed by atoms with E-state index < -0.39 is 0 Å². The van der Waals surface area contributed by atoms with E-state index in [-0.39, 0.29) is 23.8 Å². The molecule has 0 aliphatic carbocycles. The maximum atomic E-state index is 13.3. The Morgan fingerprint density at radius 2 is 1.58 bits per heavy atom. The zero-order valence-corrected chi connectivity index (χ0v) is 18.1. The van der Waals surface area contributed by atoms with Gasteiger partial charge in [0.15, 0.2) is 0 Å². The number of hydrogen-bond acceptors (Lipinski definition) is 4. The standard InChI is InChI=1S/C25H31N3O3/c1-19-7-9-22(10-8-19)26-24(29)23(20-5-3-2-4-6-20)27-13-11-21(12-14-27)25(30)28-15-17-31-18-16-28/h2-10,21,23H,11-18H2,1H3,(H,26,29).